The van der Waals surface area contributed by atoms with Crippen LogP contribution in [-0.4, -0.2) is 12.6 Å². The van der Waals surface area contributed by atoms with Crippen LogP contribution in [0.1, 0.15) is 52.9 Å². The van der Waals surface area contributed by atoms with Crippen molar-refractivity contribution >= 4 is 5.97 Å². The Morgan fingerprint density at radius 1 is 1.53 bits per heavy atom. The Hall–Kier alpha value is -1.05. The zero-order valence-corrected chi connectivity index (χ0v) is 11.3. The lowest BCUT2D eigenvalue weighted by atomic mass is 9.88. The lowest BCUT2D eigenvalue weighted by molar-refractivity contribution is -0.148. The second-order valence-electron chi connectivity index (χ2n) is 4.91. The van der Waals surface area contributed by atoms with Crippen molar-refractivity contribution in [1.82, 2.24) is 0 Å². The van der Waals surface area contributed by atoms with Crippen LogP contribution in [-0.2, 0) is 9.53 Å². The minimum absolute atomic E-state index is 0.0212. The molecular formula is C15H24O2. The molecule has 0 bridgehead atoms. The van der Waals surface area contributed by atoms with Gasteiger partial charge in [-0.15, -0.1) is 0 Å². The summed E-state index contributed by atoms with van der Waals surface area (Å²) in [5, 5.41) is 0. The minimum Gasteiger partial charge on any atom is -0.466 e. The molecule has 2 nitrogen and oxygen atoms in total. The summed E-state index contributed by atoms with van der Waals surface area (Å²) in [6.07, 6.45) is 9.66. The van der Waals surface area contributed by atoms with E-state index in [-0.39, 0.29) is 11.9 Å². The van der Waals surface area contributed by atoms with E-state index in [1.165, 1.54) is 11.1 Å². The van der Waals surface area contributed by atoms with Crippen LogP contribution in [0.5, 0.6) is 0 Å². The molecule has 0 saturated carbocycles. The molecule has 0 aliphatic heterocycles. The predicted octanol–water partition coefficient (Wildman–Crippen LogP) is 4.02. The quantitative estimate of drug-likeness (QED) is 0.532. The zero-order chi connectivity index (χ0) is 12.7. The Balaban J connectivity index is 2.34. The Bertz CT molecular complexity index is 309. The van der Waals surface area contributed by atoms with Crippen LogP contribution in [0.2, 0.25) is 0 Å². The maximum absolute atomic E-state index is 11.5. The minimum atomic E-state index is -0.0212. The van der Waals surface area contributed by atoms with Gasteiger partial charge in [0, 0.05) is 0 Å². The average Bonchev–Trinajstić information content (AvgIpc) is 2.30. The smallest absolute Gasteiger partial charge is 0.309 e. The van der Waals surface area contributed by atoms with Gasteiger partial charge in [0.2, 0.25) is 0 Å². The fraction of sp³-hybridized carbons (Fsp3) is 0.667. The molecule has 0 amide bonds. The van der Waals surface area contributed by atoms with Gasteiger partial charge >= 0.3 is 5.97 Å². The fourth-order valence-electron chi connectivity index (χ4n) is 2.14. The number of carbonyl (C=O) groups excluding carboxylic acids is 1. The molecule has 0 aromatic carbocycles. The molecule has 0 heterocycles. The van der Waals surface area contributed by atoms with E-state index in [9.17, 15) is 4.79 Å². The van der Waals surface area contributed by atoms with Crippen molar-refractivity contribution in [3.8, 4) is 0 Å². The summed E-state index contributed by atoms with van der Waals surface area (Å²) in [6.45, 7) is 6.62. The van der Waals surface area contributed by atoms with E-state index in [4.69, 9.17) is 4.74 Å². The molecule has 0 saturated heterocycles. The van der Waals surface area contributed by atoms with Crippen molar-refractivity contribution in [2.75, 3.05) is 6.61 Å². The molecule has 0 fully saturated rings. The monoisotopic (exact) mass is 236 g/mol. The van der Waals surface area contributed by atoms with Crippen molar-refractivity contribution in [3.05, 3.63) is 23.3 Å². The first-order chi connectivity index (χ1) is 8.13. The molecule has 0 radical (unpaired) electrons. The van der Waals surface area contributed by atoms with Crippen molar-refractivity contribution in [1.29, 1.82) is 0 Å². The second kappa shape index (κ2) is 7.31. The third-order valence-electron chi connectivity index (χ3n) is 3.14. The largest absolute Gasteiger partial charge is 0.466 e. The van der Waals surface area contributed by atoms with Gasteiger partial charge in [-0.1, -0.05) is 23.3 Å². The number of esters is 1. The van der Waals surface area contributed by atoms with Crippen molar-refractivity contribution in [2.24, 2.45) is 5.92 Å². The highest BCUT2D eigenvalue weighted by atomic mass is 16.5. The highest BCUT2D eigenvalue weighted by Gasteiger charge is 2.21. The van der Waals surface area contributed by atoms with E-state index >= 15 is 0 Å². The van der Waals surface area contributed by atoms with E-state index < -0.39 is 0 Å². The van der Waals surface area contributed by atoms with Gasteiger partial charge in [-0.2, -0.15) is 0 Å². The summed E-state index contributed by atoms with van der Waals surface area (Å²) >= 11 is 0. The number of carbonyl (C=O) groups is 1. The summed E-state index contributed by atoms with van der Waals surface area (Å²) < 4.78 is 5.05. The Kier molecular flexibility index (Phi) is 6.03. The molecule has 1 unspecified atom stereocenters. The Labute approximate surface area is 105 Å². The van der Waals surface area contributed by atoms with Crippen molar-refractivity contribution in [3.63, 3.8) is 0 Å². The van der Waals surface area contributed by atoms with Crippen molar-refractivity contribution < 1.29 is 9.53 Å². The standard InChI is InChI=1S/C15H24O2/c1-4-17-15(16)14-10-8-13(9-11-14)7-5-6-12(2)3/h6,8,14H,4-5,7,9-11H2,1-3H3. The number of allylic oxidation sites excluding steroid dienone is 4. The molecule has 0 aromatic heterocycles. The van der Waals surface area contributed by atoms with Gasteiger partial charge in [0.15, 0.2) is 0 Å². The Morgan fingerprint density at radius 2 is 2.29 bits per heavy atom. The highest BCUT2D eigenvalue weighted by Crippen LogP contribution is 2.27. The van der Waals surface area contributed by atoms with Crippen LogP contribution in [0.25, 0.3) is 0 Å². The molecule has 1 rings (SSSR count). The second-order valence-corrected chi connectivity index (χ2v) is 4.91. The zero-order valence-electron chi connectivity index (χ0n) is 11.3. The summed E-state index contributed by atoms with van der Waals surface area (Å²) in [6, 6.07) is 0. The molecule has 96 valence electrons. The van der Waals surface area contributed by atoms with Crippen LogP contribution in [0.4, 0.5) is 0 Å². The van der Waals surface area contributed by atoms with Crippen LogP contribution in [0, 0.1) is 5.92 Å². The van der Waals surface area contributed by atoms with Crippen LogP contribution in [0.3, 0.4) is 0 Å². The normalized spacial score (nSPS) is 19.5. The van der Waals surface area contributed by atoms with Crippen LogP contribution < -0.4 is 0 Å². The topological polar surface area (TPSA) is 26.3 Å². The molecule has 0 aromatic rings. The predicted molar refractivity (Wildman–Crippen MR) is 70.7 cm³/mol. The highest BCUT2D eigenvalue weighted by molar-refractivity contribution is 5.72. The molecule has 2 heteroatoms. The lowest BCUT2D eigenvalue weighted by Crippen LogP contribution is -2.19. The van der Waals surface area contributed by atoms with E-state index in [0.717, 1.165) is 32.1 Å². The Morgan fingerprint density at radius 3 is 2.82 bits per heavy atom. The number of hydrogen-bond acceptors (Lipinski definition) is 2. The summed E-state index contributed by atoms with van der Waals surface area (Å²) in [5.41, 5.74) is 2.88. The molecule has 0 N–H and O–H groups in total. The van der Waals surface area contributed by atoms with Gasteiger partial charge in [-0.25, -0.2) is 0 Å². The first-order valence-corrected chi connectivity index (χ1v) is 6.61. The fourth-order valence-corrected chi connectivity index (χ4v) is 2.14. The lowest BCUT2D eigenvalue weighted by Gasteiger charge is -2.20. The van der Waals surface area contributed by atoms with E-state index in [1.807, 2.05) is 6.92 Å². The molecule has 1 aliphatic rings. The number of ether oxygens (including phenoxy) is 1. The van der Waals surface area contributed by atoms with Gasteiger partial charge in [-0.05, 0) is 52.9 Å². The van der Waals surface area contributed by atoms with Crippen LogP contribution >= 0.6 is 0 Å². The van der Waals surface area contributed by atoms with Gasteiger partial charge < -0.3 is 4.74 Å². The average molecular weight is 236 g/mol. The summed E-state index contributed by atoms with van der Waals surface area (Å²) in [4.78, 5) is 11.5. The van der Waals surface area contributed by atoms with Gasteiger partial charge in [0.25, 0.3) is 0 Å². The molecule has 0 spiro atoms. The maximum atomic E-state index is 11.5. The summed E-state index contributed by atoms with van der Waals surface area (Å²) in [5.74, 6) is 0.0780. The van der Waals surface area contributed by atoms with E-state index in [0.29, 0.717) is 6.61 Å². The third kappa shape index (κ3) is 5.20. The van der Waals surface area contributed by atoms with E-state index in [1.54, 1.807) is 0 Å². The van der Waals surface area contributed by atoms with E-state index in [2.05, 4.69) is 26.0 Å². The summed E-state index contributed by atoms with van der Waals surface area (Å²) in [7, 11) is 0. The van der Waals surface area contributed by atoms with Gasteiger partial charge in [0.1, 0.15) is 0 Å². The van der Waals surface area contributed by atoms with Crippen LogP contribution in [0.15, 0.2) is 23.3 Å². The van der Waals surface area contributed by atoms with Gasteiger partial charge in [0.05, 0.1) is 12.5 Å². The molecule has 1 atom stereocenters. The maximum Gasteiger partial charge on any atom is 0.309 e. The molecule has 17 heavy (non-hydrogen) atoms. The van der Waals surface area contributed by atoms with Crippen molar-refractivity contribution in [2.45, 2.75) is 52.9 Å². The van der Waals surface area contributed by atoms with Gasteiger partial charge in [-0.3, -0.25) is 4.79 Å². The first-order valence-electron chi connectivity index (χ1n) is 6.61. The first kappa shape index (κ1) is 14.0. The molecule has 1 aliphatic carbocycles. The third-order valence-corrected chi connectivity index (χ3v) is 3.14. The number of rotatable bonds is 5. The number of hydrogen-bond donors (Lipinski definition) is 0. The SMILES string of the molecule is CCOC(=O)C1CC=C(CCC=C(C)C)CC1. The molecular weight excluding hydrogens is 212 g/mol.